The van der Waals surface area contributed by atoms with E-state index in [1.54, 1.807) is 0 Å². The van der Waals surface area contributed by atoms with E-state index in [1.165, 1.54) is 0 Å². The lowest BCUT2D eigenvalue weighted by molar-refractivity contribution is -0.137. The fourth-order valence-corrected chi connectivity index (χ4v) is 1.89. The summed E-state index contributed by atoms with van der Waals surface area (Å²) in [6, 6.07) is 7.90. The summed E-state index contributed by atoms with van der Waals surface area (Å²) < 4.78 is 1.03. The molecule has 104 valence electrons. The highest BCUT2D eigenvalue weighted by Crippen LogP contribution is 2.11. The summed E-state index contributed by atoms with van der Waals surface area (Å²) >= 11 is 3.36. The van der Waals surface area contributed by atoms with Crippen molar-refractivity contribution in [3.05, 3.63) is 34.3 Å². The monoisotopic (exact) mass is 327 g/mol. The first-order valence-corrected chi connectivity index (χ1v) is 7.10. The molecule has 0 unspecified atom stereocenters. The average molecular weight is 328 g/mol. The molecule has 0 spiro atoms. The molecule has 19 heavy (non-hydrogen) atoms. The quantitative estimate of drug-likeness (QED) is 0.721. The summed E-state index contributed by atoms with van der Waals surface area (Å²) in [5, 5.41) is 11.3. The largest absolute Gasteiger partial charge is 0.481 e. The normalized spacial score (nSPS) is 10.2. The molecule has 0 saturated carbocycles. The van der Waals surface area contributed by atoms with Gasteiger partial charge < -0.3 is 10.4 Å². The molecule has 4 nitrogen and oxygen atoms in total. The van der Waals surface area contributed by atoms with E-state index in [1.807, 2.05) is 24.3 Å². The molecule has 1 rings (SSSR count). The van der Waals surface area contributed by atoms with Crippen LogP contribution >= 0.6 is 15.9 Å². The lowest BCUT2D eigenvalue weighted by Crippen LogP contribution is -2.24. The third kappa shape index (κ3) is 7.62. The van der Waals surface area contributed by atoms with E-state index in [0.29, 0.717) is 32.2 Å². The van der Waals surface area contributed by atoms with Crippen LogP contribution in [0.3, 0.4) is 0 Å². The molecule has 1 aromatic rings. The Labute approximate surface area is 121 Å². The van der Waals surface area contributed by atoms with Crippen LogP contribution in [0, 0.1) is 0 Å². The maximum Gasteiger partial charge on any atom is 0.303 e. The van der Waals surface area contributed by atoms with Crippen LogP contribution in [0.1, 0.15) is 31.2 Å². The van der Waals surface area contributed by atoms with Crippen LogP contribution in [-0.4, -0.2) is 23.5 Å². The van der Waals surface area contributed by atoms with Crippen molar-refractivity contribution in [2.75, 3.05) is 6.54 Å². The minimum atomic E-state index is -0.790. The van der Waals surface area contributed by atoms with E-state index in [-0.39, 0.29) is 12.3 Å². The molecule has 0 bridgehead atoms. The molecule has 1 amide bonds. The molecule has 0 aliphatic carbocycles. The highest BCUT2D eigenvalue weighted by atomic mass is 79.9. The summed E-state index contributed by atoms with van der Waals surface area (Å²) in [6.45, 7) is 0.548. The third-order valence-electron chi connectivity index (χ3n) is 2.69. The molecule has 0 radical (unpaired) electrons. The zero-order valence-electron chi connectivity index (χ0n) is 10.7. The number of carboxylic acid groups (broad SMARTS) is 1. The van der Waals surface area contributed by atoms with Crippen molar-refractivity contribution in [3.63, 3.8) is 0 Å². The van der Waals surface area contributed by atoms with Crippen molar-refractivity contribution in [2.45, 2.75) is 32.1 Å². The number of carboxylic acids is 1. The number of hydrogen-bond donors (Lipinski definition) is 2. The van der Waals surface area contributed by atoms with Crippen molar-refractivity contribution in [1.82, 2.24) is 5.32 Å². The van der Waals surface area contributed by atoms with E-state index < -0.39 is 5.97 Å². The predicted octanol–water partition coefficient (Wildman–Crippen LogP) is 2.75. The summed E-state index contributed by atoms with van der Waals surface area (Å²) in [5.41, 5.74) is 1.13. The lowest BCUT2D eigenvalue weighted by atomic mass is 10.1. The second-order valence-corrected chi connectivity index (χ2v) is 5.24. The number of unbranched alkanes of at least 4 members (excludes halogenated alkanes) is 1. The zero-order chi connectivity index (χ0) is 14.1. The number of hydrogen-bond acceptors (Lipinski definition) is 2. The number of aryl methyl sites for hydroxylation is 1. The maximum absolute atomic E-state index is 11.5. The Kier molecular flexibility index (Phi) is 7.18. The van der Waals surface area contributed by atoms with Gasteiger partial charge in [-0.15, -0.1) is 0 Å². The Bertz CT molecular complexity index is 417. The number of carbonyl (C=O) groups excluding carboxylic acids is 1. The van der Waals surface area contributed by atoms with Crippen molar-refractivity contribution < 1.29 is 14.7 Å². The lowest BCUT2D eigenvalue weighted by Gasteiger charge is -2.05. The second kappa shape index (κ2) is 8.69. The fourth-order valence-electron chi connectivity index (χ4n) is 1.63. The number of rotatable bonds is 8. The Morgan fingerprint density at radius 2 is 1.79 bits per heavy atom. The molecule has 0 saturated heterocycles. The van der Waals surface area contributed by atoms with Crippen LogP contribution in [0.5, 0.6) is 0 Å². The summed E-state index contributed by atoms with van der Waals surface area (Å²) in [4.78, 5) is 21.8. The maximum atomic E-state index is 11.5. The first-order chi connectivity index (χ1) is 9.08. The van der Waals surface area contributed by atoms with Gasteiger partial charge in [-0.25, -0.2) is 0 Å². The standard InChI is InChI=1S/C14H18BrNO3/c15-12-7-4-11(5-8-12)6-9-13(17)16-10-2-1-3-14(18)19/h4-5,7-8H,1-3,6,9-10H2,(H,16,17)(H,18,19). The zero-order valence-corrected chi connectivity index (χ0v) is 12.3. The van der Waals surface area contributed by atoms with Crippen molar-refractivity contribution in [1.29, 1.82) is 0 Å². The third-order valence-corrected chi connectivity index (χ3v) is 3.22. The van der Waals surface area contributed by atoms with Gasteiger partial charge in [0.1, 0.15) is 0 Å². The number of amides is 1. The minimum Gasteiger partial charge on any atom is -0.481 e. The van der Waals surface area contributed by atoms with Gasteiger partial charge >= 0.3 is 5.97 Å². The van der Waals surface area contributed by atoms with Crippen LogP contribution in [0.15, 0.2) is 28.7 Å². The van der Waals surface area contributed by atoms with Gasteiger partial charge in [-0.2, -0.15) is 0 Å². The Morgan fingerprint density at radius 1 is 1.11 bits per heavy atom. The van der Waals surface area contributed by atoms with Gasteiger partial charge in [-0.1, -0.05) is 28.1 Å². The smallest absolute Gasteiger partial charge is 0.303 e. The topological polar surface area (TPSA) is 66.4 Å². The highest BCUT2D eigenvalue weighted by molar-refractivity contribution is 9.10. The Hall–Kier alpha value is -1.36. The predicted molar refractivity (Wildman–Crippen MR) is 77.0 cm³/mol. The summed E-state index contributed by atoms with van der Waals surface area (Å²) in [7, 11) is 0. The molecular formula is C14H18BrNO3. The van der Waals surface area contributed by atoms with E-state index in [2.05, 4.69) is 21.2 Å². The first kappa shape index (κ1) is 15.7. The first-order valence-electron chi connectivity index (χ1n) is 6.31. The highest BCUT2D eigenvalue weighted by Gasteiger charge is 2.02. The van der Waals surface area contributed by atoms with Crippen molar-refractivity contribution >= 4 is 27.8 Å². The molecule has 2 N–H and O–H groups in total. The number of aliphatic carboxylic acids is 1. The molecule has 0 aromatic heterocycles. The van der Waals surface area contributed by atoms with E-state index in [0.717, 1.165) is 10.0 Å². The van der Waals surface area contributed by atoms with Crippen molar-refractivity contribution in [3.8, 4) is 0 Å². The van der Waals surface area contributed by atoms with Crippen LogP contribution in [0.2, 0.25) is 0 Å². The molecule has 0 heterocycles. The molecule has 1 aromatic carbocycles. The van der Waals surface area contributed by atoms with Gasteiger partial charge in [0.25, 0.3) is 0 Å². The van der Waals surface area contributed by atoms with Gasteiger partial charge in [0.2, 0.25) is 5.91 Å². The Balaban J connectivity index is 2.11. The molecule has 0 aliphatic heterocycles. The van der Waals surface area contributed by atoms with Gasteiger partial charge in [0, 0.05) is 23.9 Å². The van der Waals surface area contributed by atoms with Gasteiger partial charge in [0.15, 0.2) is 0 Å². The number of benzene rings is 1. The number of halogens is 1. The molecule has 5 heteroatoms. The fraction of sp³-hybridized carbons (Fsp3) is 0.429. The van der Waals surface area contributed by atoms with E-state index in [9.17, 15) is 9.59 Å². The molecular weight excluding hydrogens is 310 g/mol. The van der Waals surface area contributed by atoms with E-state index >= 15 is 0 Å². The van der Waals surface area contributed by atoms with Crippen LogP contribution in [0.25, 0.3) is 0 Å². The van der Waals surface area contributed by atoms with Crippen molar-refractivity contribution in [2.24, 2.45) is 0 Å². The number of nitrogens with one attached hydrogen (secondary N) is 1. The minimum absolute atomic E-state index is 0.0123. The SMILES string of the molecule is O=C(O)CCCCNC(=O)CCc1ccc(Br)cc1. The molecule has 0 fully saturated rings. The van der Waals surface area contributed by atoms with E-state index in [4.69, 9.17) is 5.11 Å². The molecule has 0 atom stereocenters. The summed E-state index contributed by atoms with van der Waals surface area (Å²) in [5.74, 6) is -0.778. The second-order valence-electron chi connectivity index (χ2n) is 4.33. The number of carbonyl (C=O) groups is 2. The van der Waals surface area contributed by atoms with Crippen LogP contribution in [0.4, 0.5) is 0 Å². The Morgan fingerprint density at radius 3 is 2.42 bits per heavy atom. The average Bonchev–Trinajstić information content (AvgIpc) is 2.37. The van der Waals surface area contributed by atoms with Gasteiger partial charge in [-0.05, 0) is 37.0 Å². The van der Waals surface area contributed by atoms with Gasteiger partial charge in [-0.3, -0.25) is 9.59 Å². The molecule has 0 aliphatic rings. The van der Waals surface area contributed by atoms with Gasteiger partial charge in [0.05, 0.1) is 0 Å². The van der Waals surface area contributed by atoms with Crippen LogP contribution < -0.4 is 5.32 Å². The summed E-state index contributed by atoms with van der Waals surface area (Å²) in [6.07, 6.45) is 2.64. The van der Waals surface area contributed by atoms with Crippen LogP contribution in [-0.2, 0) is 16.0 Å².